The first-order chi connectivity index (χ1) is 8.19. The number of hydrogen-bond acceptors (Lipinski definition) is 3. The van der Waals surface area contributed by atoms with Crippen molar-refractivity contribution in [3.63, 3.8) is 0 Å². The van der Waals surface area contributed by atoms with Crippen molar-refractivity contribution in [1.82, 2.24) is 4.98 Å². The fourth-order valence-corrected chi connectivity index (χ4v) is 1.48. The van der Waals surface area contributed by atoms with Crippen LogP contribution < -0.4 is 5.32 Å². The van der Waals surface area contributed by atoms with Gasteiger partial charge in [-0.05, 0) is 12.1 Å². The standard InChI is InChI=1S/C12H11ClN2O2/c1-8-14-11(7-17-8)9-2-4-10(5-3-9)15-12(16)6-13/h2-5,7H,6H2,1H3,(H,15,16). The summed E-state index contributed by atoms with van der Waals surface area (Å²) in [6.45, 7) is 1.79. The van der Waals surface area contributed by atoms with Crippen LogP contribution in [0.4, 0.5) is 5.69 Å². The smallest absolute Gasteiger partial charge is 0.239 e. The number of oxazole rings is 1. The first-order valence-electron chi connectivity index (χ1n) is 5.07. The number of nitrogens with one attached hydrogen (secondary N) is 1. The lowest BCUT2D eigenvalue weighted by Gasteiger charge is -2.03. The Morgan fingerprint density at radius 1 is 1.41 bits per heavy atom. The van der Waals surface area contributed by atoms with Gasteiger partial charge in [-0.3, -0.25) is 4.79 Å². The van der Waals surface area contributed by atoms with Gasteiger partial charge in [0.25, 0.3) is 0 Å². The fraction of sp³-hybridized carbons (Fsp3) is 0.167. The minimum absolute atomic E-state index is 0.0514. The first kappa shape index (κ1) is 11.7. The average molecular weight is 251 g/mol. The molecule has 88 valence electrons. The van der Waals surface area contributed by atoms with E-state index in [-0.39, 0.29) is 11.8 Å². The van der Waals surface area contributed by atoms with Crippen LogP contribution in [0.5, 0.6) is 0 Å². The maximum atomic E-state index is 11.1. The van der Waals surface area contributed by atoms with Gasteiger partial charge in [-0.2, -0.15) is 0 Å². The number of aromatic nitrogens is 1. The van der Waals surface area contributed by atoms with Crippen LogP contribution in [-0.2, 0) is 4.79 Å². The minimum Gasteiger partial charge on any atom is -0.449 e. The summed E-state index contributed by atoms with van der Waals surface area (Å²) in [4.78, 5) is 15.3. The Labute approximate surface area is 104 Å². The zero-order valence-electron chi connectivity index (χ0n) is 9.24. The maximum absolute atomic E-state index is 11.1. The predicted molar refractivity (Wildman–Crippen MR) is 66.0 cm³/mol. The van der Waals surface area contributed by atoms with Crippen molar-refractivity contribution in [1.29, 1.82) is 0 Å². The molecule has 1 heterocycles. The van der Waals surface area contributed by atoms with Gasteiger partial charge in [-0.1, -0.05) is 12.1 Å². The highest BCUT2D eigenvalue weighted by Gasteiger charge is 2.04. The van der Waals surface area contributed by atoms with Gasteiger partial charge < -0.3 is 9.73 Å². The molecular weight excluding hydrogens is 240 g/mol. The quantitative estimate of drug-likeness (QED) is 0.853. The molecule has 1 amide bonds. The van der Waals surface area contributed by atoms with Gasteiger partial charge in [-0.15, -0.1) is 11.6 Å². The Morgan fingerprint density at radius 2 is 2.12 bits per heavy atom. The number of carbonyl (C=O) groups is 1. The number of rotatable bonds is 3. The number of aryl methyl sites for hydroxylation is 1. The summed E-state index contributed by atoms with van der Waals surface area (Å²) in [6, 6.07) is 7.32. The largest absolute Gasteiger partial charge is 0.449 e. The predicted octanol–water partition coefficient (Wildman–Crippen LogP) is 2.83. The van der Waals surface area contributed by atoms with Crippen LogP contribution in [0, 0.1) is 6.92 Å². The normalized spacial score (nSPS) is 10.2. The van der Waals surface area contributed by atoms with Gasteiger partial charge in [-0.25, -0.2) is 4.98 Å². The molecular formula is C12H11ClN2O2. The molecule has 0 saturated heterocycles. The van der Waals surface area contributed by atoms with E-state index in [0.717, 1.165) is 11.3 Å². The minimum atomic E-state index is -0.225. The maximum Gasteiger partial charge on any atom is 0.239 e. The fourth-order valence-electron chi connectivity index (χ4n) is 1.41. The number of halogens is 1. The Morgan fingerprint density at radius 3 is 2.65 bits per heavy atom. The third kappa shape index (κ3) is 2.85. The van der Waals surface area contributed by atoms with Crippen molar-refractivity contribution in [2.45, 2.75) is 6.92 Å². The molecule has 2 aromatic rings. The topological polar surface area (TPSA) is 55.1 Å². The van der Waals surface area contributed by atoms with Crippen molar-refractivity contribution in [2.75, 3.05) is 11.2 Å². The van der Waals surface area contributed by atoms with Gasteiger partial charge in [0, 0.05) is 18.2 Å². The van der Waals surface area contributed by atoms with E-state index in [4.69, 9.17) is 16.0 Å². The Bertz CT molecular complexity index is 520. The highest BCUT2D eigenvalue weighted by Crippen LogP contribution is 2.20. The number of carbonyl (C=O) groups excluding carboxylic acids is 1. The van der Waals surface area contributed by atoms with E-state index in [9.17, 15) is 4.79 Å². The number of nitrogens with zero attached hydrogens (tertiary/aromatic N) is 1. The molecule has 0 aliphatic rings. The van der Waals surface area contributed by atoms with Crippen LogP contribution in [0.25, 0.3) is 11.3 Å². The Kier molecular flexibility index (Phi) is 3.44. The summed E-state index contributed by atoms with van der Waals surface area (Å²) in [6.07, 6.45) is 1.60. The van der Waals surface area contributed by atoms with Gasteiger partial charge in [0.05, 0.1) is 0 Å². The molecule has 17 heavy (non-hydrogen) atoms. The molecule has 0 saturated carbocycles. The van der Waals surface area contributed by atoms with Gasteiger partial charge in [0.2, 0.25) is 5.91 Å². The average Bonchev–Trinajstić information content (AvgIpc) is 2.77. The molecule has 5 heteroatoms. The first-order valence-corrected chi connectivity index (χ1v) is 5.61. The van der Waals surface area contributed by atoms with Gasteiger partial charge >= 0.3 is 0 Å². The van der Waals surface area contributed by atoms with Crippen molar-refractivity contribution in [3.8, 4) is 11.3 Å². The third-order valence-corrected chi connectivity index (χ3v) is 2.45. The van der Waals surface area contributed by atoms with Crippen molar-refractivity contribution in [3.05, 3.63) is 36.4 Å². The number of benzene rings is 1. The van der Waals surface area contributed by atoms with Crippen molar-refractivity contribution >= 4 is 23.2 Å². The van der Waals surface area contributed by atoms with Crippen LogP contribution in [0.1, 0.15) is 5.89 Å². The zero-order chi connectivity index (χ0) is 12.3. The van der Waals surface area contributed by atoms with Crippen LogP contribution in [-0.4, -0.2) is 16.8 Å². The zero-order valence-corrected chi connectivity index (χ0v) is 9.99. The molecule has 0 atom stereocenters. The SMILES string of the molecule is Cc1nc(-c2ccc(NC(=O)CCl)cc2)co1. The molecule has 0 unspecified atom stereocenters. The molecule has 1 N–H and O–H groups in total. The van der Waals surface area contributed by atoms with E-state index in [1.165, 1.54) is 0 Å². The van der Waals surface area contributed by atoms with E-state index in [2.05, 4.69) is 10.3 Å². The number of hydrogen-bond donors (Lipinski definition) is 1. The second kappa shape index (κ2) is 5.01. The van der Waals surface area contributed by atoms with Crippen LogP contribution >= 0.6 is 11.6 Å². The van der Waals surface area contributed by atoms with E-state index >= 15 is 0 Å². The summed E-state index contributed by atoms with van der Waals surface area (Å²) in [5, 5.41) is 2.66. The molecule has 0 spiro atoms. The second-order valence-corrected chi connectivity index (χ2v) is 3.78. The molecule has 0 radical (unpaired) electrons. The molecule has 2 rings (SSSR count). The van der Waals surface area contributed by atoms with E-state index < -0.39 is 0 Å². The highest BCUT2D eigenvalue weighted by molar-refractivity contribution is 6.29. The molecule has 0 fully saturated rings. The van der Waals surface area contributed by atoms with E-state index in [0.29, 0.717) is 11.6 Å². The molecule has 4 nitrogen and oxygen atoms in total. The molecule has 0 bridgehead atoms. The summed E-state index contributed by atoms with van der Waals surface area (Å²) in [5.41, 5.74) is 2.42. The lowest BCUT2D eigenvalue weighted by Crippen LogP contribution is -2.12. The summed E-state index contributed by atoms with van der Waals surface area (Å²) in [5.74, 6) is 0.348. The Balaban J connectivity index is 2.15. The van der Waals surface area contributed by atoms with Gasteiger partial charge in [0.1, 0.15) is 17.8 Å². The Hall–Kier alpha value is -1.81. The lowest BCUT2D eigenvalue weighted by molar-refractivity contribution is -0.113. The summed E-state index contributed by atoms with van der Waals surface area (Å²) < 4.78 is 5.13. The van der Waals surface area contributed by atoms with Crippen molar-refractivity contribution in [2.24, 2.45) is 0 Å². The van der Waals surface area contributed by atoms with Gasteiger partial charge in [0.15, 0.2) is 5.89 Å². The lowest BCUT2D eigenvalue weighted by atomic mass is 10.1. The molecule has 0 aliphatic carbocycles. The summed E-state index contributed by atoms with van der Waals surface area (Å²) >= 11 is 5.40. The van der Waals surface area contributed by atoms with E-state index in [1.807, 2.05) is 12.1 Å². The van der Waals surface area contributed by atoms with E-state index in [1.54, 1.807) is 25.3 Å². The third-order valence-electron chi connectivity index (χ3n) is 2.20. The van der Waals surface area contributed by atoms with Crippen LogP contribution in [0.2, 0.25) is 0 Å². The van der Waals surface area contributed by atoms with Crippen molar-refractivity contribution < 1.29 is 9.21 Å². The molecule has 1 aromatic heterocycles. The van der Waals surface area contributed by atoms with Crippen LogP contribution in [0.15, 0.2) is 34.9 Å². The number of anilines is 1. The highest BCUT2D eigenvalue weighted by atomic mass is 35.5. The second-order valence-electron chi connectivity index (χ2n) is 3.51. The number of alkyl halides is 1. The summed E-state index contributed by atoms with van der Waals surface area (Å²) in [7, 11) is 0. The number of amides is 1. The molecule has 0 aliphatic heterocycles. The van der Waals surface area contributed by atoms with Crippen LogP contribution in [0.3, 0.4) is 0 Å². The molecule has 1 aromatic carbocycles. The monoisotopic (exact) mass is 250 g/mol.